The van der Waals surface area contributed by atoms with Crippen molar-refractivity contribution in [2.45, 2.75) is 82.3 Å². The van der Waals surface area contributed by atoms with Gasteiger partial charge in [0.25, 0.3) is 0 Å². The third kappa shape index (κ3) is 5.95. The first-order valence-electron chi connectivity index (χ1n) is 15.5. The van der Waals surface area contributed by atoms with Crippen molar-refractivity contribution in [3.05, 3.63) is 88.3 Å². The summed E-state index contributed by atoms with van der Waals surface area (Å²) in [6, 6.07) is 20.8. The number of fused-ring (bicyclic) bond motifs is 1. The third-order valence-electron chi connectivity index (χ3n) is 8.92. The first kappa shape index (κ1) is 28.2. The Morgan fingerprint density at radius 2 is 1.58 bits per heavy atom. The molecular formula is C33H36Cl2N8. The molecule has 2 fully saturated rings. The van der Waals surface area contributed by atoms with Crippen molar-refractivity contribution in [2.24, 2.45) is 0 Å². The lowest BCUT2D eigenvalue weighted by Gasteiger charge is -2.26. The van der Waals surface area contributed by atoms with Crippen LogP contribution in [0, 0.1) is 0 Å². The van der Waals surface area contributed by atoms with Crippen molar-refractivity contribution in [3.63, 3.8) is 0 Å². The number of hydrogen-bond acceptors (Lipinski definition) is 6. The van der Waals surface area contributed by atoms with E-state index in [0.717, 1.165) is 52.6 Å². The molecule has 7 rings (SSSR count). The van der Waals surface area contributed by atoms with Gasteiger partial charge in [-0.3, -0.25) is 4.40 Å². The number of rotatable bonds is 8. The molecule has 0 saturated heterocycles. The van der Waals surface area contributed by atoms with Crippen LogP contribution in [0.4, 0.5) is 11.5 Å². The Bertz CT molecular complexity index is 1680. The maximum Gasteiger partial charge on any atom is 0.178 e. The smallest absolute Gasteiger partial charge is 0.178 e. The van der Waals surface area contributed by atoms with E-state index in [-0.39, 0.29) is 6.04 Å². The molecule has 222 valence electrons. The van der Waals surface area contributed by atoms with E-state index >= 15 is 0 Å². The summed E-state index contributed by atoms with van der Waals surface area (Å²) in [6.45, 7) is 0. The first-order chi connectivity index (χ1) is 21.1. The zero-order chi connectivity index (χ0) is 29.2. The molecule has 0 aliphatic heterocycles. The van der Waals surface area contributed by atoms with E-state index in [1.165, 1.54) is 51.4 Å². The molecule has 3 heterocycles. The van der Waals surface area contributed by atoms with Crippen molar-refractivity contribution >= 4 is 40.4 Å². The Morgan fingerprint density at radius 3 is 2.35 bits per heavy atom. The summed E-state index contributed by atoms with van der Waals surface area (Å²) in [5, 5.41) is 21.7. The van der Waals surface area contributed by atoms with Gasteiger partial charge in [-0.1, -0.05) is 92.1 Å². The molecule has 5 aromatic rings. The maximum atomic E-state index is 6.40. The number of halogens is 2. The van der Waals surface area contributed by atoms with E-state index in [1.807, 2.05) is 22.9 Å². The van der Waals surface area contributed by atoms with Crippen molar-refractivity contribution in [2.75, 3.05) is 10.6 Å². The highest BCUT2D eigenvalue weighted by atomic mass is 35.5. The topological polar surface area (TPSA) is 85.0 Å². The van der Waals surface area contributed by atoms with E-state index in [1.54, 1.807) is 6.07 Å². The van der Waals surface area contributed by atoms with Gasteiger partial charge in [0.1, 0.15) is 23.2 Å². The minimum absolute atomic E-state index is 0.288. The van der Waals surface area contributed by atoms with E-state index in [9.17, 15) is 0 Å². The highest BCUT2D eigenvalue weighted by molar-refractivity contribution is 6.42. The van der Waals surface area contributed by atoms with Crippen LogP contribution in [0.25, 0.3) is 16.9 Å². The number of aromatic nitrogens is 6. The van der Waals surface area contributed by atoms with Gasteiger partial charge in [-0.05, 0) is 72.0 Å². The predicted molar refractivity (Wildman–Crippen MR) is 173 cm³/mol. The fraction of sp³-hybridized carbons (Fsp3) is 0.394. The van der Waals surface area contributed by atoms with Gasteiger partial charge in [-0.2, -0.15) is 0 Å². The minimum Gasteiger partial charge on any atom is -0.371 e. The van der Waals surface area contributed by atoms with Gasteiger partial charge < -0.3 is 10.6 Å². The van der Waals surface area contributed by atoms with Crippen LogP contribution < -0.4 is 10.6 Å². The molecule has 10 heteroatoms. The van der Waals surface area contributed by atoms with Crippen LogP contribution in [0.15, 0.2) is 66.9 Å². The monoisotopic (exact) mass is 614 g/mol. The summed E-state index contributed by atoms with van der Waals surface area (Å²) < 4.78 is 4.20. The minimum atomic E-state index is -0.288. The summed E-state index contributed by atoms with van der Waals surface area (Å²) in [6.07, 6.45) is 14.2. The molecule has 3 aromatic heterocycles. The number of tetrazole rings is 1. The molecule has 0 bridgehead atoms. The van der Waals surface area contributed by atoms with Crippen molar-refractivity contribution in [1.29, 1.82) is 0 Å². The SMILES string of the molecule is Clc1ccc(NC(c2ccc(-c3nc4ccccn4c3NC3CCCCC3)cc2)c2nnnn2C2CCCCC2)cc1Cl. The lowest BCUT2D eigenvalue weighted by atomic mass is 9.95. The number of nitrogens with one attached hydrogen (secondary N) is 2. The summed E-state index contributed by atoms with van der Waals surface area (Å²) in [5.74, 6) is 1.85. The average Bonchev–Trinajstić information content (AvgIpc) is 3.68. The zero-order valence-electron chi connectivity index (χ0n) is 24.1. The van der Waals surface area contributed by atoms with Gasteiger partial charge in [0.2, 0.25) is 0 Å². The molecule has 8 nitrogen and oxygen atoms in total. The fourth-order valence-electron chi connectivity index (χ4n) is 6.63. The number of benzene rings is 2. The average molecular weight is 616 g/mol. The number of hydrogen-bond donors (Lipinski definition) is 2. The second-order valence-corrected chi connectivity index (χ2v) is 12.6. The molecular weight excluding hydrogens is 579 g/mol. The van der Waals surface area contributed by atoms with Crippen molar-refractivity contribution < 1.29 is 0 Å². The van der Waals surface area contributed by atoms with Gasteiger partial charge in [0, 0.05) is 23.5 Å². The van der Waals surface area contributed by atoms with Crippen LogP contribution in [0.5, 0.6) is 0 Å². The van der Waals surface area contributed by atoms with E-state index in [4.69, 9.17) is 28.2 Å². The quantitative estimate of drug-likeness (QED) is 0.182. The third-order valence-corrected chi connectivity index (χ3v) is 9.66. The van der Waals surface area contributed by atoms with Gasteiger partial charge >= 0.3 is 0 Å². The standard InChI is InChI=1S/C33H36Cl2N8/c34-27-19-18-25(21-28(27)35)36-31(33-39-40-41-43(33)26-11-5-2-6-12-26)23-16-14-22(15-17-23)30-32(37-24-9-3-1-4-10-24)42-20-8-7-13-29(42)38-30/h7-8,13-21,24,26,31,36-37H,1-6,9-12H2. The van der Waals surface area contributed by atoms with Crippen molar-refractivity contribution in [1.82, 2.24) is 29.6 Å². The highest BCUT2D eigenvalue weighted by Crippen LogP contribution is 2.36. The summed E-state index contributed by atoms with van der Waals surface area (Å²) >= 11 is 12.6. The maximum absolute atomic E-state index is 6.40. The van der Waals surface area contributed by atoms with Crippen LogP contribution in [-0.2, 0) is 0 Å². The summed E-state index contributed by atoms with van der Waals surface area (Å²) in [7, 11) is 0. The Kier molecular flexibility index (Phi) is 8.22. The molecule has 2 saturated carbocycles. The molecule has 1 atom stereocenters. The van der Waals surface area contributed by atoms with E-state index in [0.29, 0.717) is 22.1 Å². The molecule has 43 heavy (non-hydrogen) atoms. The number of nitrogens with zero attached hydrogens (tertiary/aromatic N) is 6. The molecule has 0 radical (unpaired) electrons. The second kappa shape index (κ2) is 12.5. The number of pyridine rings is 1. The molecule has 2 aromatic carbocycles. The zero-order valence-corrected chi connectivity index (χ0v) is 25.6. The number of imidazole rings is 1. The fourth-order valence-corrected chi connectivity index (χ4v) is 6.93. The van der Waals surface area contributed by atoms with Crippen LogP contribution in [-0.4, -0.2) is 35.6 Å². The normalized spacial score (nSPS) is 17.3. The van der Waals surface area contributed by atoms with Gasteiger partial charge in [-0.25, -0.2) is 9.67 Å². The second-order valence-electron chi connectivity index (χ2n) is 11.8. The molecule has 2 N–H and O–H groups in total. The molecule has 0 spiro atoms. The van der Waals surface area contributed by atoms with Gasteiger partial charge in [0.15, 0.2) is 5.82 Å². The highest BCUT2D eigenvalue weighted by Gasteiger charge is 2.27. The summed E-state index contributed by atoms with van der Waals surface area (Å²) in [5.41, 5.74) is 4.86. The van der Waals surface area contributed by atoms with E-state index in [2.05, 4.69) is 73.2 Å². The number of anilines is 2. The summed E-state index contributed by atoms with van der Waals surface area (Å²) in [4.78, 5) is 5.06. The van der Waals surface area contributed by atoms with Crippen LogP contribution in [0.2, 0.25) is 10.0 Å². The Hall–Kier alpha value is -3.62. The molecule has 2 aliphatic rings. The Labute approximate surface area is 261 Å². The van der Waals surface area contributed by atoms with E-state index < -0.39 is 0 Å². The largest absolute Gasteiger partial charge is 0.371 e. The van der Waals surface area contributed by atoms with Gasteiger partial charge in [0.05, 0.1) is 16.1 Å². The van der Waals surface area contributed by atoms with Crippen molar-refractivity contribution in [3.8, 4) is 11.3 Å². The van der Waals surface area contributed by atoms with Crippen LogP contribution in [0.1, 0.15) is 87.7 Å². The first-order valence-corrected chi connectivity index (χ1v) is 16.2. The Balaban J connectivity index is 1.25. The van der Waals surface area contributed by atoms with Crippen LogP contribution in [0.3, 0.4) is 0 Å². The van der Waals surface area contributed by atoms with Gasteiger partial charge in [-0.15, -0.1) is 5.10 Å². The lowest BCUT2D eigenvalue weighted by Crippen LogP contribution is -2.23. The molecule has 1 unspecified atom stereocenters. The molecule has 0 amide bonds. The molecule has 2 aliphatic carbocycles. The van der Waals surface area contributed by atoms with Crippen LogP contribution >= 0.6 is 23.2 Å². The predicted octanol–water partition coefficient (Wildman–Crippen LogP) is 8.75. The lowest BCUT2D eigenvalue weighted by molar-refractivity contribution is 0.315. The Morgan fingerprint density at radius 1 is 0.814 bits per heavy atom.